The zero-order chi connectivity index (χ0) is 7.82. The van der Waals surface area contributed by atoms with Gasteiger partial charge in [0.2, 0.25) is 0 Å². The van der Waals surface area contributed by atoms with Gasteiger partial charge < -0.3 is 4.43 Å². The predicted octanol–water partition coefficient (Wildman–Crippen LogP) is 1.74. The molecular weight excluding hydrogens is 140 g/mol. The number of hydrogen-bond donors (Lipinski definition) is 0. The third kappa shape index (κ3) is 7.92. The summed E-state index contributed by atoms with van der Waals surface area (Å²) < 4.78 is 5.30. The average Bonchev–Trinajstić information content (AvgIpc) is 1.87. The molecular formula is C8H18OSi. The van der Waals surface area contributed by atoms with Crippen LogP contribution in [-0.4, -0.2) is 16.4 Å². The summed E-state index contributed by atoms with van der Waals surface area (Å²) in [5, 5.41) is 0. The molecule has 0 amide bonds. The predicted molar refractivity (Wildman–Crippen MR) is 49.0 cm³/mol. The average molecular weight is 158 g/mol. The molecule has 0 spiro atoms. The summed E-state index contributed by atoms with van der Waals surface area (Å²) in [6.45, 7) is 7.33. The highest BCUT2D eigenvalue weighted by Crippen LogP contribution is 1.94. The summed E-state index contributed by atoms with van der Waals surface area (Å²) >= 11 is 0. The van der Waals surface area contributed by atoms with Crippen LogP contribution in [0.1, 0.15) is 20.8 Å². The molecule has 0 saturated carbocycles. The molecule has 0 aromatic rings. The minimum atomic E-state index is -0.218. The molecule has 0 aliphatic rings. The smallest absolute Gasteiger partial charge is 0.165 e. The first-order valence-electron chi connectivity index (χ1n) is 4.01. The topological polar surface area (TPSA) is 9.23 Å². The lowest BCUT2D eigenvalue weighted by Crippen LogP contribution is -1.95. The number of hydrogen-bond acceptors (Lipinski definition) is 1. The van der Waals surface area contributed by atoms with Gasteiger partial charge in [-0.3, -0.25) is 0 Å². The fraction of sp³-hybridized carbons (Fsp3) is 0.750. The zero-order valence-corrected chi connectivity index (χ0v) is 8.68. The standard InChI is InChI=1S/C8H18OSi/c1-4-9-10-7-5-6-8(2)3/h5-6,8H,4,7,10H2,1-3H3. The van der Waals surface area contributed by atoms with Gasteiger partial charge in [-0.15, -0.1) is 0 Å². The van der Waals surface area contributed by atoms with Gasteiger partial charge in [0.1, 0.15) is 0 Å². The van der Waals surface area contributed by atoms with Crippen LogP contribution < -0.4 is 0 Å². The Morgan fingerprint density at radius 3 is 2.70 bits per heavy atom. The fourth-order valence-corrected chi connectivity index (χ4v) is 1.45. The van der Waals surface area contributed by atoms with Gasteiger partial charge in [-0.2, -0.15) is 0 Å². The van der Waals surface area contributed by atoms with Gasteiger partial charge in [0.05, 0.1) is 0 Å². The minimum Gasteiger partial charge on any atom is -0.424 e. The normalized spacial score (nSPS) is 12.8. The first kappa shape index (κ1) is 9.92. The molecule has 0 atom stereocenters. The van der Waals surface area contributed by atoms with E-state index in [2.05, 4.69) is 32.9 Å². The van der Waals surface area contributed by atoms with Crippen molar-refractivity contribution in [1.82, 2.24) is 0 Å². The van der Waals surface area contributed by atoms with Crippen LogP contribution in [0.5, 0.6) is 0 Å². The van der Waals surface area contributed by atoms with Crippen molar-refractivity contribution < 1.29 is 4.43 Å². The monoisotopic (exact) mass is 158 g/mol. The Labute approximate surface area is 66.4 Å². The SMILES string of the molecule is CCO[SiH2]CC=CC(C)C. The van der Waals surface area contributed by atoms with Crippen LogP contribution in [0.15, 0.2) is 12.2 Å². The van der Waals surface area contributed by atoms with Crippen LogP contribution in [-0.2, 0) is 4.43 Å². The van der Waals surface area contributed by atoms with Crippen molar-refractivity contribution in [3.05, 3.63) is 12.2 Å². The molecule has 0 N–H and O–H groups in total. The Morgan fingerprint density at radius 2 is 2.20 bits per heavy atom. The number of rotatable bonds is 5. The molecule has 0 radical (unpaired) electrons. The summed E-state index contributed by atoms with van der Waals surface area (Å²) in [7, 11) is -0.218. The maximum Gasteiger partial charge on any atom is 0.165 e. The van der Waals surface area contributed by atoms with Crippen molar-refractivity contribution in [3.8, 4) is 0 Å². The molecule has 0 rings (SSSR count). The summed E-state index contributed by atoms with van der Waals surface area (Å²) in [4.78, 5) is 0. The second-order valence-electron chi connectivity index (χ2n) is 2.66. The molecule has 0 heterocycles. The van der Waals surface area contributed by atoms with Crippen molar-refractivity contribution in [2.45, 2.75) is 26.8 Å². The van der Waals surface area contributed by atoms with Gasteiger partial charge in [0.25, 0.3) is 0 Å². The maximum absolute atomic E-state index is 5.30. The van der Waals surface area contributed by atoms with Crippen LogP contribution in [0.3, 0.4) is 0 Å². The molecule has 0 aromatic carbocycles. The van der Waals surface area contributed by atoms with Gasteiger partial charge in [0.15, 0.2) is 9.76 Å². The van der Waals surface area contributed by atoms with E-state index in [1.165, 1.54) is 6.04 Å². The molecule has 0 fully saturated rings. The second-order valence-corrected chi connectivity index (χ2v) is 4.05. The van der Waals surface area contributed by atoms with Crippen molar-refractivity contribution in [2.24, 2.45) is 5.92 Å². The maximum atomic E-state index is 5.30. The lowest BCUT2D eigenvalue weighted by molar-refractivity contribution is 0.362. The highest BCUT2D eigenvalue weighted by molar-refractivity contribution is 6.27. The summed E-state index contributed by atoms with van der Waals surface area (Å²) in [6.07, 6.45) is 4.48. The third-order valence-electron chi connectivity index (χ3n) is 1.15. The van der Waals surface area contributed by atoms with Gasteiger partial charge in [-0.25, -0.2) is 0 Å². The highest BCUT2D eigenvalue weighted by atomic mass is 28.2. The van der Waals surface area contributed by atoms with Crippen LogP contribution in [0.2, 0.25) is 6.04 Å². The molecule has 0 aliphatic heterocycles. The van der Waals surface area contributed by atoms with Gasteiger partial charge in [0, 0.05) is 6.61 Å². The van der Waals surface area contributed by atoms with E-state index in [-0.39, 0.29) is 9.76 Å². The van der Waals surface area contributed by atoms with Gasteiger partial charge in [-0.1, -0.05) is 26.0 Å². The van der Waals surface area contributed by atoms with Crippen molar-refractivity contribution in [3.63, 3.8) is 0 Å². The zero-order valence-electron chi connectivity index (χ0n) is 7.26. The van der Waals surface area contributed by atoms with Crippen LogP contribution >= 0.6 is 0 Å². The summed E-state index contributed by atoms with van der Waals surface area (Å²) in [5.74, 6) is 0.690. The molecule has 2 heteroatoms. The lowest BCUT2D eigenvalue weighted by atomic mass is 10.2. The fourth-order valence-electron chi connectivity index (χ4n) is 0.664. The lowest BCUT2D eigenvalue weighted by Gasteiger charge is -1.95. The van der Waals surface area contributed by atoms with Gasteiger partial charge >= 0.3 is 0 Å². The molecule has 10 heavy (non-hydrogen) atoms. The largest absolute Gasteiger partial charge is 0.424 e. The molecule has 0 aromatic heterocycles. The van der Waals surface area contributed by atoms with E-state index >= 15 is 0 Å². The van der Waals surface area contributed by atoms with Crippen LogP contribution in [0, 0.1) is 5.92 Å². The Balaban J connectivity index is 3.02. The van der Waals surface area contributed by atoms with Crippen molar-refractivity contribution in [1.29, 1.82) is 0 Å². The van der Waals surface area contributed by atoms with E-state index in [9.17, 15) is 0 Å². The Hall–Kier alpha value is -0.0831. The molecule has 0 bridgehead atoms. The third-order valence-corrected chi connectivity index (χ3v) is 2.42. The molecule has 0 saturated heterocycles. The van der Waals surface area contributed by atoms with E-state index in [4.69, 9.17) is 4.43 Å². The first-order valence-corrected chi connectivity index (χ1v) is 5.59. The molecule has 0 aliphatic carbocycles. The minimum absolute atomic E-state index is 0.218. The van der Waals surface area contributed by atoms with E-state index in [1.54, 1.807) is 0 Å². The first-order chi connectivity index (χ1) is 4.77. The second kappa shape index (κ2) is 7.03. The van der Waals surface area contributed by atoms with E-state index < -0.39 is 0 Å². The Bertz CT molecular complexity index is 89.3. The quantitative estimate of drug-likeness (QED) is 0.336. The molecule has 1 nitrogen and oxygen atoms in total. The summed E-state index contributed by atoms with van der Waals surface area (Å²) in [5.41, 5.74) is 0. The van der Waals surface area contributed by atoms with E-state index in [0.717, 1.165) is 6.61 Å². The molecule has 0 unspecified atom stereocenters. The van der Waals surface area contributed by atoms with E-state index in [0.29, 0.717) is 5.92 Å². The Morgan fingerprint density at radius 1 is 1.50 bits per heavy atom. The van der Waals surface area contributed by atoms with Crippen LogP contribution in [0.25, 0.3) is 0 Å². The summed E-state index contributed by atoms with van der Waals surface area (Å²) in [6, 6.07) is 1.19. The van der Waals surface area contributed by atoms with Crippen LogP contribution in [0.4, 0.5) is 0 Å². The van der Waals surface area contributed by atoms with Gasteiger partial charge in [-0.05, 0) is 18.9 Å². The number of allylic oxidation sites excluding steroid dienone is 2. The van der Waals surface area contributed by atoms with Crippen molar-refractivity contribution >= 4 is 9.76 Å². The van der Waals surface area contributed by atoms with E-state index in [1.807, 2.05) is 0 Å². The highest BCUT2D eigenvalue weighted by Gasteiger charge is 1.84. The molecule has 60 valence electrons. The Kier molecular flexibility index (Phi) is 6.97. The van der Waals surface area contributed by atoms with Crippen molar-refractivity contribution in [2.75, 3.05) is 6.61 Å².